The van der Waals surface area contributed by atoms with Gasteiger partial charge in [0.2, 0.25) is 0 Å². The van der Waals surface area contributed by atoms with Crippen LogP contribution in [0.2, 0.25) is 0 Å². The molecule has 0 aliphatic rings. The van der Waals surface area contributed by atoms with E-state index in [0.717, 1.165) is 11.1 Å². The summed E-state index contributed by atoms with van der Waals surface area (Å²) in [5.74, 6) is 0.882. The first kappa shape index (κ1) is 10.6. The number of aromatic hydroxyl groups is 1. The summed E-state index contributed by atoms with van der Waals surface area (Å²) in [6.45, 7) is 2.05. The van der Waals surface area contributed by atoms with Crippen molar-refractivity contribution in [3.8, 4) is 22.6 Å². The van der Waals surface area contributed by atoms with Gasteiger partial charge in [-0.3, -0.25) is 0 Å². The van der Waals surface area contributed by atoms with Crippen molar-refractivity contribution in [1.29, 1.82) is 0 Å². The molecule has 16 heavy (non-hydrogen) atoms. The molecular weight excluding hydrogens is 200 g/mol. The van der Waals surface area contributed by atoms with Crippen molar-refractivity contribution in [3.63, 3.8) is 0 Å². The van der Waals surface area contributed by atoms with Crippen LogP contribution >= 0.6 is 0 Å². The second-order valence-electron chi connectivity index (χ2n) is 3.79. The van der Waals surface area contributed by atoms with Gasteiger partial charge in [0, 0.05) is 6.07 Å². The van der Waals surface area contributed by atoms with E-state index in [4.69, 9.17) is 4.74 Å². The number of aryl methyl sites for hydroxylation is 1. The van der Waals surface area contributed by atoms with Crippen LogP contribution < -0.4 is 4.74 Å². The van der Waals surface area contributed by atoms with Crippen LogP contribution in [0.4, 0.5) is 0 Å². The van der Waals surface area contributed by atoms with Gasteiger partial charge >= 0.3 is 0 Å². The van der Waals surface area contributed by atoms with Crippen LogP contribution in [0.3, 0.4) is 0 Å². The van der Waals surface area contributed by atoms with Crippen molar-refractivity contribution in [2.24, 2.45) is 0 Å². The monoisotopic (exact) mass is 214 g/mol. The predicted octanol–water partition coefficient (Wildman–Crippen LogP) is 3.38. The average Bonchev–Trinajstić information content (AvgIpc) is 2.28. The van der Waals surface area contributed by atoms with Crippen molar-refractivity contribution >= 4 is 0 Å². The van der Waals surface area contributed by atoms with E-state index in [0.29, 0.717) is 5.75 Å². The predicted molar refractivity (Wildman–Crippen MR) is 64.8 cm³/mol. The molecule has 2 aromatic carbocycles. The zero-order valence-electron chi connectivity index (χ0n) is 9.40. The minimum atomic E-state index is 0.218. The van der Waals surface area contributed by atoms with E-state index in [9.17, 15) is 5.11 Å². The van der Waals surface area contributed by atoms with Crippen LogP contribution in [-0.2, 0) is 0 Å². The highest BCUT2D eigenvalue weighted by Gasteiger charge is 2.02. The molecule has 0 amide bonds. The molecule has 0 radical (unpaired) electrons. The molecule has 2 aromatic rings. The third kappa shape index (κ3) is 2.16. The number of ether oxygens (including phenoxy) is 1. The smallest absolute Gasteiger partial charge is 0.123 e. The number of benzene rings is 2. The van der Waals surface area contributed by atoms with Crippen LogP contribution in [0.5, 0.6) is 11.5 Å². The number of phenols is 1. The van der Waals surface area contributed by atoms with Crippen molar-refractivity contribution in [2.45, 2.75) is 6.92 Å². The molecule has 2 rings (SSSR count). The van der Waals surface area contributed by atoms with E-state index in [1.165, 1.54) is 5.56 Å². The maximum atomic E-state index is 9.58. The van der Waals surface area contributed by atoms with Crippen LogP contribution in [0, 0.1) is 6.92 Å². The summed E-state index contributed by atoms with van der Waals surface area (Å²) in [5.41, 5.74) is 3.23. The quantitative estimate of drug-likeness (QED) is 0.830. The highest BCUT2D eigenvalue weighted by molar-refractivity contribution is 5.67. The van der Waals surface area contributed by atoms with Crippen molar-refractivity contribution in [3.05, 3.63) is 48.0 Å². The molecule has 2 nitrogen and oxygen atoms in total. The van der Waals surface area contributed by atoms with Gasteiger partial charge in [-0.1, -0.05) is 29.8 Å². The molecule has 0 saturated heterocycles. The van der Waals surface area contributed by atoms with Crippen molar-refractivity contribution < 1.29 is 9.84 Å². The minimum Gasteiger partial charge on any atom is -0.508 e. The molecule has 0 spiro atoms. The maximum Gasteiger partial charge on any atom is 0.123 e. The Bertz CT molecular complexity index is 504. The molecule has 1 N–H and O–H groups in total. The number of methoxy groups -OCH3 is 1. The third-order valence-corrected chi connectivity index (χ3v) is 2.48. The van der Waals surface area contributed by atoms with Gasteiger partial charge in [0.25, 0.3) is 0 Å². The largest absolute Gasteiger partial charge is 0.508 e. The third-order valence-electron chi connectivity index (χ3n) is 2.48. The zero-order chi connectivity index (χ0) is 11.5. The normalized spacial score (nSPS) is 10.1. The Morgan fingerprint density at radius 3 is 2.50 bits per heavy atom. The van der Waals surface area contributed by atoms with Gasteiger partial charge in [0.05, 0.1) is 7.11 Å². The van der Waals surface area contributed by atoms with Gasteiger partial charge in [0.15, 0.2) is 0 Å². The van der Waals surface area contributed by atoms with Crippen molar-refractivity contribution in [2.75, 3.05) is 7.11 Å². The SMILES string of the molecule is COc1cc(O)cc(-c2cccc(C)c2)c1. The highest BCUT2D eigenvalue weighted by Crippen LogP contribution is 2.29. The van der Waals surface area contributed by atoms with Crippen LogP contribution in [0.15, 0.2) is 42.5 Å². The Morgan fingerprint density at radius 2 is 1.81 bits per heavy atom. The van der Waals surface area contributed by atoms with Gasteiger partial charge in [-0.15, -0.1) is 0 Å². The number of hydrogen-bond acceptors (Lipinski definition) is 2. The molecule has 2 heteroatoms. The van der Waals surface area contributed by atoms with Gasteiger partial charge in [-0.2, -0.15) is 0 Å². The molecule has 0 unspecified atom stereocenters. The summed E-state index contributed by atoms with van der Waals surface area (Å²) in [7, 11) is 1.59. The summed E-state index contributed by atoms with van der Waals surface area (Å²) in [6.07, 6.45) is 0. The molecule has 0 aliphatic carbocycles. The fraction of sp³-hybridized carbons (Fsp3) is 0.143. The summed E-state index contributed by atoms with van der Waals surface area (Å²) in [5, 5.41) is 9.58. The Labute approximate surface area is 95.1 Å². The van der Waals surface area contributed by atoms with E-state index < -0.39 is 0 Å². The number of phenolic OH excluding ortho intramolecular Hbond substituents is 1. The van der Waals surface area contributed by atoms with E-state index in [1.807, 2.05) is 31.2 Å². The fourth-order valence-electron chi connectivity index (χ4n) is 1.69. The lowest BCUT2D eigenvalue weighted by atomic mass is 10.0. The van der Waals surface area contributed by atoms with Crippen LogP contribution in [0.1, 0.15) is 5.56 Å². The Kier molecular flexibility index (Phi) is 2.82. The van der Waals surface area contributed by atoms with Crippen molar-refractivity contribution in [1.82, 2.24) is 0 Å². The molecule has 0 saturated carbocycles. The first-order valence-corrected chi connectivity index (χ1v) is 5.14. The van der Waals surface area contributed by atoms with Gasteiger partial charge in [0.1, 0.15) is 11.5 Å². The molecule has 82 valence electrons. The van der Waals surface area contributed by atoms with E-state index in [2.05, 4.69) is 6.07 Å². The first-order chi connectivity index (χ1) is 7.69. The summed E-state index contributed by atoms with van der Waals surface area (Å²) >= 11 is 0. The number of hydrogen-bond donors (Lipinski definition) is 1. The molecule has 0 bridgehead atoms. The maximum absolute atomic E-state index is 9.58. The van der Waals surface area contributed by atoms with E-state index in [1.54, 1.807) is 19.2 Å². The van der Waals surface area contributed by atoms with Crippen LogP contribution in [0.25, 0.3) is 11.1 Å². The molecule has 0 atom stereocenters. The molecule has 0 fully saturated rings. The lowest BCUT2D eigenvalue weighted by molar-refractivity contribution is 0.408. The molecular formula is C14H14O2. The summed E-state index contributed by atoms with van der Waals surface area (Å²) < 4.78 is 5.13. The summed E-state index contributed by atoms with van der Waals surface area (Å²) in [4.78, 5) is 0. The Morgan fingerprint density at radius 1 is 1.00 bits per heavy atom. The average molecular weight is 214 g/mol. The topological polar surface area (TPSA) is 29.5 Å². The van der Waals surface area contributed by atoms with Gasteiger partial charge in [-0.05, 0) is 30.2 Å². The van der Waals surface area contributed by atoms with E-state index in [-0.39, 0.29) is 5.75 Å². The molecule has 0 aliphatic heterocycles. The minimum absolute atomic E-state index is 0.218. The second kappa shape index (κ2) is 4.27. The Balaban J connectivity index is 2.51. The second-order valence-corrected chi connectivity index (χ2v) is 3.79. The molecule has 0 aromatic heterocycles. The van der Waals surface area contributed by atoms with E-state index >= 15 is 0 Å². The lowest BCUT2D eigenvalue weighted by Gasteiger charge is -2.06. The number of rotatable bonds is 2. The Hall–Kier alpha value is -1.96. The van der Waals surface area contributed by atoms with Gasteiger partial charge < -0.3 is 9.84 Å². The first-order valence-electron chi connectivity index (χ1n) is 5.14. The van der Waals surface area contributed by atoms with Crippen LogP contribution in [-0.4, -0.2) is 12.2 Å². The standard InChI is InChI=1S/C14H14O2/c1-10-4-3-5-11(6-10)12-7-13(15)9-14(8-12)16-2/h3-9,15H,1-2H3. The fourth-order valence-corrected chi connectivity index (χ4v) is 1.69. The van der Waals surface area contributed by atoms with Gasteiger partial charge in [-0.25, -0.2) is 0 Å². The summed E-state index contributed by atoms with van der Waals surface area (Å²) in [6, 6.07) is 13.4. The molecule has 0 heterocycles. The lowest BCUT2D eigenvalue weighted by Crippen LogP contribution is -1.85. The zero-order valence-corrected chi connectivity index (χ0v) is 9.40. The highest BCUT2D eigenvalue weighted by atomic mass is 16.5.